The van der Waals surface area contributed by atoms with Gasteiger partial charge in [0.1, 0.15) is 0 Å². The van der Waals surface area contributed by atoms with Crippen molar-refractivity contribution in [2.45, 2.75) is 82.7 Å². The van der Waals surface area contributed by atoms with Crippen molar-refractivity contribution in [2.75, 3.05) is 0 Å². The number of benzene rings is 1. The first-order valence-electron chi connectivity index (χ1n) is 10.9. The van der Waals surface area contributed by atoms with Crippen LogP contribution in [0.1, 0.15) is 69.8 Å². The predicted molar refractivity (Wildman–Crippen MR) is 114 cm³/mol. The molecule has 0 spiro atoms. The fourth-order valence-corrected chi connectivity index (χ4v) is 5.53. The van der Waals surface area contributed by atoms with E-state index in [2.05, 4.69) is 0 Å². The zero-order valence-electron chi connectivity index (χ0n) is 16.5. The summed E-state index contributed by atoms with van der Waals surface area (Å²) in [5.74, 6) is -0.475. The molecule has 4 nitrogen and oxygen atoms in total. The fraction of sp³-hybridized carbons (Fsp3) is 0.609. The third kappa shape index (κ3) is 3.86. The summed E-state index contributed by atoms with van der Waals surface area (Å²) in [4.78, 5) is 31.0. The van der Waals surface area contributed by atoms with Gasteiger partial charge in [-0.15, -0.1) is 0 Å². The summed E-state index contributed by atoms with van der Waals surface area (Å²) in [5, 5.41) is 0. The monoisotopic (exact) mass is 398 g/mol. The molecule has 1 aromatic carbocycles. The van der Waals surface area contributed by atoms with Gasteiger partial charge in [-0.1, -0.05) is 81.1 Å². The van der Waals surface area contributed by atoms with Crippen molar-refractivity contribution >= 4 is 29.1 Å². The Bertz CT molecular complexity index is 683. The fourth-order valence-electron chi connectivity index (χ4n) is 5.12. The van der Waals surface area contributed by atoms with E-state index in [0.29, 0.717) is 11.4 Å². The minimum absolute atomic E-state index is 0.0428. The third-order valence-electron chi connectivity index (χ3n) is 6.65. The number of thiocarbonyl (C=S) groups is 1. The summed E-state index contributed by atoms with van der Waals surface area (Å²) in [5.41, 5.74) is 1.10. The van der Waals surface area contributed by atoms with E-state index in [1.165, 1.54) is 12.8 Å². The summed E-state index contributed by atoms with van der Waals surface area (Å²) >= 11 is 5.79. The molecule has 1 atom stereocenters. The smallest absolute Gasteiger partial charge is 0.284 e. The van der Waals surface area contributed by atoms with Gasteiger partial charge in [-0.05, 0) is 37.7 Å². The highest BCUT2D eigenvalue weighted by Gasteiger charge is 2.48. The largest absolute Gasteiger partial charge is 0.332 e. The molecule has 1 aliphatic heterocycles. The lowest BCUT2D eigenvalue weighted by Gasteiger charge is -2.46. The van der Waals surface area contributed by atoms with E-state index in [1.54, 1.807) is 4.90 Å². The van der Waals surface area contributed by atoms with Crippen LogP contribution in [-0.2, 0) is 11.2 Å². The molecule has 0 N–H and O–H groups in total. The van der Waals surface area contributed by atoms with Crippen molar-refractivity contribution in [3.63, 3.8) is 0 Å². The normalized spacial score (nSPS) is 25.4. The molecule has 3 aliphatic rings. The van der Waals surface area contributed by atoms with Gasteiger partial charge in [0.05, 0.1) is 10.9 Å². The van der Waals surface area contributed by atoms with E-state index in [4.69, 9.17) is 12.2 Å². The van der Waals surface area contributed by atoms with Gasteiger partial charge in [-0.3, -0.25) is 14.6 Å². The lowest BCUT2D eigenvalue weighted by Crippen LogP contribution is -2.64. The van der Waals surface area contributed by atoms with Crippen molar-refractivity contribution in [2.24, 2.45) is 5.92 Å². The molecule has 5 heteroatoms. The van der Waals surface area contributed by atoms with Crippen molar-refractivity contribution in [1.29, 1.82) is 0 Å². The van der Waals surface area contributed by atoms with Crippen molar-refractivity contribution in [3.8, 4) is 0 Å². The molecule has 1 unspecified atom stereocenters. The molecule has 0 aromatic heterocycles. The molecule has 28 heavy (non-hydrogen) atoms. The molecule has 150 valence electrons. The minimum atomic E-state index is -0.404. The minimum Gasteiger partial charge on any atom is -0.284 e. The summed E-state index contributed by atoms with van der Waals surface area (Å²) < 4.78 is 0. The number of rotatable bonds is 4. The first kappa shape index (κ1) is 19.6. The molecule has 1 saturated heterocycles. The molecule has 0 bridgehead atoms. The highest BCUT2D eigenvalue weighted by molar-refractivity contribution is 7.80. The molecule has 3 fully saturated rings. The van der Waals surface area contributed by atoms with Gasteiger partial charge in [0.25, 0.3) is 0 Å². The lowest BCUT2D eigenvalue weighted by molar-refractivity contribution is -0.134. The molecule has 1 aromatic rings. The maximum atomic E-state index is 13.5. The van der Waals surface area contributed by atoms with Crippen LogP contribution in [0.2, 0.25) is 0 Å². The average molecular weight is 399 g/mol. The van der Waals surface area contributed by atoms with Gasteiger partial charge < -0.3 is 0 Å². The van der Waals surface area contributed by atoms with E-state index >= 15 is 0 Å². The Morgan fingerprint density at radius 2 is 1.32 bits per heavy atom. The Labute approximate surface area is 173 Å². The zero-order valence-corrected chi connectivity index (χ0v) is 17.3. The molecular formula is C23H30N2O2S. The average Bonchev–Trinajstić information content (AvgIpc) is 2.74. The Kier molecular flexibility index (Phi) is 6.10. The molecule has 0 radical (unpaired) electrons. The van der Waals surface area contributed by atoms with Gasteiger partial charge in [-0.2, -0.15) is 0 Å². The van der Waals surface area contributed by atoms with Crippen LogP contribution in [0.4, 0.5) is 4.79 Å². The summed E-state index contributed by atoms with van der Waals surface area (Å²) in [7, 11) is 0. The van der Waals surface area contributed by atoms with Gasteiger partial charge in [0, 0.05) is 12.1 Å². The molecule has 2 aliphatic carbocycles. The Morgan fingerprint density at radius 3 is 1.89 bits per heavy atom. The molecule has 1 heterocycles. The van der Waals surface area contributed by atoms with Gasteiger partial charge in [0.15, 0.2) is 0 Å². The van der Waals surface area contributed by atoms with E-state index in [0.717, 1.165) is 56.9 Å². The van der Waals surface area contributed by atoms with Crippen LogP contribution < -0.4 is 0 Å². The number of carbonyl (C=O) groups is 2. The first-order valence-corrected chi connectivity index (χ1v) is 11.3. The van der Waals surface area contributed by atoms with Crippen molar-refractivity contribution in [3.05, 3.63) is 35.9 Å². The highest BCUT2D eigenvalue weighted by Crippen LogP contribution is 2.34. The number of carbonyl (C=O) groups excluding carboxylic acids is 2. The number of imide groups is 1. The van der Waals surface area contributed by atoms with Crippen LogP contribution in [0.3, 0.4) is 0 Å². The predicted octanol–water partition coefficient (Wildman–Crippen LogP) is 5.10. The van der Waals surface area contributed by atoms with Crippen LogP contribution in [0.5, 0.6) is 0 Å². The summed E-state index contributed by atoms with van der Waals surface area (Å²) in [6.45, 7) is 0. The Morgan fingerprint density at radius 1 is 0.786 bits per heavy atom. The third-order valence-corrected chi connectivity index (χ3v) is 7.13. The van der Waals surface area contributed by atoms with Crippen LogP contribution in [0, 0.1) is 5.92 Å². The van der Waals surface area contributed by atoms with Crippen LogP contribution in [0.25, 0.3) is 0 Å². The number of amides is 3. The van der Waals surface area contributed by atoms with E-state index < -0.39 is 5.92 Å². The first-order chi connectivity index (χ1) is 13.7. The van der Waals surface area contributed by atoms with Crippen molar-refractivity contribution < 1.29 is 9.59 Å². The van der Waals surface area contributed by atoms with Gasteiger partial charge in [0.2, 0.25) is 5.91 Å². The maximum Gasteiger partial charge on any atom is 0.332 e. The van der Waals surface area contributed by atoms with E-state index in [9.17, 15) is 9.59 Å². The summed E-state index contributed by atoms with van der Waals surface area (Å²) in [6, 6.07) is 10.1. The Hall–Kier alpha value is -1.75. The highest BCUT2D eigenvalue weighted by atomic mass is 32.1. The summed E-state index contributed by atoms with van der Waals surface area (Å²) in [6.07, 6.45) is 11.3. The Balaban J connectivity index is 1.64. The topological polar surface area (TPSA) is 40.6 Å². The van der Waals surface area contributed by atoms with Crippen LogP contribution >= 0.6 is 12.2 Å². The quantitative estimate of drug-likeness (QED) is 0.662. The number of urea groups is 1. The molecule has 4 rings (SSSR count). The standard InChI is InChI=1S/C23H30N2O2S/c26-21-20(16-17-10-4-1-5-11-17)22(28)25(19-14-8-3-9-15-19)23(27)24(21)18-12-6-2-7-13-18/h1,4-5,10-11,18-20H,2-3,6-9,12-16H2. The molecule has 3 amide bonds. The second-order valence-electron chi connectivity index (χ2n) is 8.53. The van der Waals surface area contributed by atoms with Crippen LogP contribution in [0.15, 0.2) is 30.3 Å². The number of nitrogens with zero attached hydrogens (tertiary/aromatic N) is 2. The number of hydrogen-bond acceptors (Lipinski definition) is 3. The van der Waals surface area contributed by atoms with Crippen LogP contribution in [-0.4, -0.2) is 38.8 Å². The van der Waals surface area contributed by atoms with Crippen molar-refractivity contribution in [1.82, 2.24) is 9.80 Å². The number of hydrogen-bond donors (Lipinski definition) is 0. The lowest BCUT2D eigenvalue weighted by atomic mass is 9.88. The second kappa shape index (κ2) is 8.73. The zero-order chi connectivity index (χ0) is 19.5. The van der Waals surface area contributed by atoms with Gasteiger partial charge >= 0.3 is 6.03 Å². The molecule has 2 saturated carbocycles. The molecular weight excluding hydrogens is 368 g/mol. The van der Waals surface area contributed by atoms with E-state index in [-0.39, 0.29) is 24.0 Å². The maximum absolute atomic E-state index is 13.5. The van der Waals surface area contributed by atoms with E-state index in [1.807, 2.05) is 35.2 Å². The van der Waals surface area contributed by atoms with Gasteiger partial charge in [-0.25, -0.2) is 4.79 Å². The SMILES string of the molecule is O=C1C(Cc2ccccc2)C(=S)N(C2CCCCC2)C(=O)N1C1CCCCC1. The second-order valence-corrected chi connectivity index (χ2v) is 8.94.